The molecule has 1 saturated carbocycles. The summed E-state index contributed by atoms with van der Waals surface area (Å²) in [5.74, 6) is 2.91. The number of rotatable bonds is 14. The van der Waals surface area contributed by atoms with Crippen LogP contribution in [0.1, 0.15) is 103 Å². The van der Waals surface area contributed by atoms with Crippen LogP contribution in [0, 0.1) is 11.8 Å². The molecule has 1 aromatic carbocycles. The fraction of sp³-hybridized carbons (Fsp3) is 0.633. The highest BCUT2D eigenvalue weighted by Crippen LogP contribution is 2.33. The van der Waals surface area contributed by atoms with Crippen molar-refractivity contribution in [2.24, 2.45) is 11.8 Å². The van der Waals surface area contributed by atoms with Crippen LogP contribution in [-0.2, 0) is 6.42 Å². The molecule has 0 N–H and O–H groups in total. The van der Waals surface area contributed by atoms with Crippen LogP contribution < -0.4 is 4.74 Å². The van der Waals surface area contributed by atoms with Crippen LogP contribution in [0.4, 0.5) is 0 Å². The molecular weight excluding hydrogens is 390 g/mol. The normalized spacial score (nSPS) is 18.6. The number of nitrogens with zero attached hydrogens (tertiary/aromatic N) is 1. The minimum absolute atomic E-state index is 0.833. The number of aryl methyl sites for hydroxylation is 1. The van der Waals surface area contributed by atoms with Crippen LogP contribution in [0.3, 0.4) is 0 Å². The molecule has 3 rings (SSSR count). The summed E-state index contributed by atoms with van der Waals surface area (Å²) in [5, 5.41) is 0. The largest absolute Gasteiger partial charge is 0.494 e. The maximum absolute atomic E-state index is 6.02. The van der Waals surface area contributed by atoms with Gasteiger partial charge >= 0.3 is 0 Å². The second-order valence-corrected chi connectivity index (χ2v) is 9.91. The molecule has 1 aromatic heterocycles. The third kappa shape index (κ3) is 8.60. The van der Waals surface area contributed by atoms with E-state index in [1.165, 1.54) is 89.0 Å². The van der Waals surface area contributed by atoms with Gasteiger partial charge in [-0.1, -0.05) is 84.1 Å². The molecule has 0 saturated heterocycles. The average molecular weight is 436 g/mol. The summed E-state index contributed by atoms with van der Waals surface area (Å²) >= 11 is 0. The van der Waals surface area contributed by atoms with Gasteiger partial charge in [0, 0.05) is 11.8 Å². The number of benzene rings is 1. The molecular formula is C30H45NO. The lowest BCUT2D eigenvalue weighted by Crippen LogP contribution is -2.15. The molecule has 0 atom stereocenters. The second-order valence-electron chi connectivity index (χ2n) is 9.91. The van der Waals surface area contributed by atoms with E-state index in [9.17, 15) is 0 Å². The van der Waals surface area contributed by atoms with Crippen molar-refractivity contribution in [1.82, 2.24) is 4.98 Å². The minimum Gasteiger partial charge on any atom is -0.494 e. The van der Waals surface area contributed by atoms with E-state index in [2.05, 4.69) is 56.4 Å². The monoisotopic (exact) mass is 435 g/mol. The number of pyridine rings is 1. The maximum atomic E-state index is 6.02. The van der Waals surface area contributed by atoms with Gasteiger partial charge in [0.1, 0.15) is 5.75 Å². The Hall–Kier alpha value is -1.83. The molecule has 32 heavy (non-hydrogen) atoms. The predicted molar refractivity (Wildman–Crippen MR) is 137 cm³/mol. The fourth-order valence-electron chi connectivity index (χ4n) is 5.18. The molecule has 0 bridgehead atoms. The zero-order valence-corrected chi connectivity index (χ0v) is 20.7. The Bertz CT molecular complexity index is 728. The number of aromatic nitrogens is 1. The van der Waals surface area contributed by atoms with Crippen molar-refractivity contribution in [2.75, 3.05) is 6.61 Å². The van der Waals surface area contributed by atoms with E-state index in [0.717, 1.165) is 41.9 Å². The summed E-state index contributed by atoms with van der Waals surface area (Å²) in [5.41, 5.74) is 3.56. The topological polar surface area (TPSA) is 22.1 Å². The SMILES string of the molecule is CCCCCCCc1ccc(-c2ccc(OCCC[C@H]3CC[C@H](CCC)CC3)cc2)nc1. The van der Waals surface area contributed by atoms with Gasteiger partial charge in [-0.15, -0.1) is 0 Å². The van der Waals surface area contributed by atoms with Crippen molar-refractivity contribution in [2.45, 2.75) is 104 Å². The molecule has 0 spiro atoms. The van der Waals surface area contributed by atoms with Crippen LogP contribution in [0.25, 0.3) is 11.3 Å². The zero-order chi connectivity index (χ0) is 22.4. The Labute approximate surface area is 197 Å². The van der Waals surface area contributed by atoms with E-state index in [-0.39, 0.29) is 0 Å². The Balaban J connectivity index is 1.34. The van der Waals surface area contributed by atoms with Gasteiger partial charge in [0.2, 0.25) is 0 Å². The summed E-state index contributed by atoms with van der Waals surface area (Å²) in [4.78, 5) is 4.70. The Morgan fingerprint density at radius 1 is 0.750 bits per heavy atom. The maximum Gasteiger partial charge on any atom is 0.119 e. The Morgan fingerprint density at radius 3 is 2.12 bits per heavy atom. The number of ether oxygens (including phenoxy) is 1. The van der Waals surface area contributed by atoms with Crippen molar-refractivity contribution in [1.29, 1.82) is 0 Å². The van der Waals surface area contributed by atoms with Crippen molar-refractivity contribution in [3.05, 3.63) is 48.2 Å². The molecule has 1 aliphatic rings. The lowest BCUT2D eigenvalue weighted by Gasteiger charge is -2.28. The highest BCUT2D eigenvalue weighted by atomic mass is 16.5. The molecule has 1 fully saturated rings. The van der Waals surface area contributed by atoms with Gasteiger partial charge in [-0.05, 0) is 73.4 Å². The Morgan fingerprint density at radius 2 is 1.47 bits per heavy atom. The lowest BCUT2D eigenvalue weighted by atomic mass is 9.78. The first-order chi connectivity index (χ1) is 15.8. The first-order valence-electron chi connectivity index (χ1n) is 13.5. The number of hydrogen-bond acceptors (Lipinski definition) is 2. The van der Waals surface area contributed by atoms with Crippen LogP contribution in [-0.4, -0.2) is 11.6 Å². The molecule has 2 aromatic rings. The third-order valence-corrected chi connectivity index (χ3v) is 7.23. The van der Waals surface area contributed by atoms with Crippen molar-refractivity contribution in [3.63, 3.8) is 0 Å². The van der Waals surface area contributed by atoms with E-state index in [1.807, 2.05) is 0 Å². The third-order valence-electron chi connectivity index (χ3n) is 7.23. The van der Waals surface area contributed by atoms with Crippen molar-refractivity contribution in [3.8, 4) is 17.0 Å². The lowest BCUT2D eigenvalue weighted by molar-refractivity contribution is 0.230. The molecule has 2 nitrogen and oxygen atoms in total. The minimum atomic E-state index is 0.833. The number of unbranched alkanes of at least 4 members (excludes halogenated alkanes) is 4. The zero-order valence-electron chi connectivity index (χ0n) is 20.7. The highest BCUT2D eigenvalue weighted by molar-refractivity contribution is 5.60. The van der Waals surface area contributed by atoms with Gasteiger partial charge in [-0.2, -0.15) is 0 Å². The Kier molecular flexibility index (Phi) is 11.1. The van der Waals surface area contributed by atoms with E-state index in [1.54, 1.807) is 0 Å². The average Bonchev–Trinajstić information content (AvgIpc) is 2.84. The highest BCUT2D eigenvalue weighted by Gasteiger charge is 2.20. The van der Waals surface area contributed by atoms with E-state index < -0.39 is 0 Å². The van der Waals surface area contributed by atoms with Gasteiger partial charge in [-0.3, -0.25) is 4.98 Å². The number of hydrogen-bond donors (Lipinski definition) is 0. The van der Waals surface area contributed by atoms with Gasteiger partial charge in [0.15, 0.2) is 0 Å². The summed E-state index contributed by atoms with van der Waals surface area (Å²) in [6, 6.07) is 12.9. The summed E-state index contributed by atoms with van der Waals surface area (Å²) in [6.45, 7) is 5.42. The fourth-order valence-corrected chi connectivity index (χ4v) is 5.18. The quantitative estimate of drug-likeness (QED) is 0.276. The van der Waals surface area contributed by atoms with Crippen molar-refractivity contribution >= 4 is 0 Å². The van der Waals surface area contributed by atoms with Gasteiger partial charge < -0.3 is 4.74 Å². The predicted octanol–water partition coefficient (Wildman–Crippen LogP) is 9.03. The smallest absolute Gasteiger partial charge is 0.119 e. The molecule has 0 aliphatic heterocycles. The molecule has 0 unspecified atom stereocenters. The van der Waals surface area contributed by atoms with Crippen molar-refractivity contribution < 1.29 is 4.74 Å². The van der Waals surface area contributed by atoms with E-state index in [0.29, 0.717) is 0 Å². The first kappa shape index (κ1) is 24.8. The molecule has 1 heterocycles. The molecule has 0 radical (unpaired) electrons. The second kappa shape index (κ2) is 14.3. The van der Waals surface area contributed by atoms with Crippen LogP contribution in [0.5, 0.6) is 5.75 Å². The van der Waals surface area contributed by atoms with Crippen LogP contribution >= 0.6 is 0 Å². The van der Waals surface area contributed by atoms with Crippen LogP contribution in [0.2, 0.25) is 0 Å². The standard InChI is InChI=1S/C30H45NO/c1-3-5-6-7-8-11-27-17-22-30(31-24-27)28-18-20-29(21-19-28)32-23-9-12-26-15-13-25(10-4-2)14-16-26/h17-22,24-26H,3-16,23H2,1-2H3/t25-,26-. The molecule has 2 heteroatoms. The van der Waals surface area contributed by atoms with E-state index in [4.69, 9.17) is 9.72 Å². The summed E-state index contributed by atoms with van der Waals surface area (Å²) in [7, 11) is 0. The van der Waals surface area contributed by atoms with E-state index >= 15 is 0 Å². The molecule has 176 valence electrons. The van der Waals surface area contributed by atoms with Gasteiger partial charge in [-0.25, -0.2) is 0 Å². The van der Waals surface area contributed by atoms with Crippen LogP contribution in [0.15, 0.2) is 42.6 Å². The van der Waals surface area contributed by atoms with Gasteiger partial charge in [0.05, 0.1) is 12.3 Å². The first-order valence-corrected chi connectivity index (χ1v) is 13.5. The summed E-state index contributed by atoms with van der Waals surface area (Å²) < 4.78 is 6.02. The molecule has 0 amide bonds. The summed E-state index contributed by atoms with van der Waals surface area (Å²) in [6.07, 6.45) is 20.9. The van der Waals surface area contributed by atoms with Gasteiger partial charge in [0.25, 0.3) is 0 Å². The molecule has 1 aliphatic carbocycles.